The minimum atomic E-state index is -1.31. The van der Waals surface area contributed by atoms with E-state index in [1.807, 2.05) is 207 Å². The van der Waals surface area contributed by atoms with E-state index in [0.717, 1.165) is 74.0 Å². The molecule has 0 aliphatic carbocycles. The van der Waals surface area contributed by atoms with E-state index in [1.54, 1.807) is 18.6 Å². The Bertz CT molecular complexity index is 4940. The molecule has 9 aromatic carbocycles. The molecule has 0 spiro atoms. The monoisotopic (exact) mass is 2050 g/mol. The molecule has 0 saturated heterocycles. The van der Waals surface area contributed by atoms with E-state index >= 15 is 0 Å². The fraction of sp³-hybridized carbons (Fsp3) is 0.160. The quantitative estimate of drug-likeness (QED) is 0.0797. The maximum absolute atomic E-state index is 4.69. The number of benzene rings is 9. The topological polar surface area (TPSA) is 77.3 Å². The summed E-state index contributed by atoms with van der Waals surface area (Å²) in [4.78, 5) is 26.6. The van der Waals surface area contributed by atoms with Crippen molar-refractivity contribution in [2.24, 2.45) is 5.92 Å². The van der Waals surface area contributed by atoms with Crippen LogP contribution >= 0.6 is 0 Å². The van der Waals surface area contributed by atoms with Crippen LogP contribution in [-0.2, 0) is 66.7 Å². The van der Waals surface area contributed by atoms with E-state index in [9.17, 15) is 0 Å². The number of aromatic nitrogens is 6. The maximum atomic E-state index is 4.69. The van der Waals surface area contributed by atoms with Crippen molar-refractivity contribution in [1.29, 1.82) is 0 Å². The Morgan fingerprint density at radius 3 is 0.848 bits per heavy atom. The summed E-state index contributed by atoms with van der Waals surface area (Å²) in [6, 6.07) is 116. The molecule has 0 fully saturated rings. The summed E-state index contributed by atoms with van der Waals surface area (Å²) in [6.07, 6.45) is 12.4. The van der Waals surface area contributed by atoms with Crippen LogP contribution < -0.4 is 15.6 Å². The predicted octanol–water partition coefficient (Wildman–Crippen LogP) is 24.0. The number of rotatable bonds is 14. The summed E-state index contributed by atoms with van der Waals surface area (Å²) in [5, 5.41) is 4.53. The van der Waals surface area contributed by atoms with Gasteiger partial charge in [0.1, 0.15) is 0 Å². The first kappa shape index (κ1) is 89.7. The van der Waals surface area contributed by atoms with Gasteiger partial charge in [-0.15, -0.1) is 215 Å². The summed E-state index contributed by atoms with van der Waals surface area (Å²) in [7, 11) is -3.85. The van der Waals surface area contributed by atoms with Gasteiger partial charge >= 0.3 is 0 Å². The molecule has 12 heteroatoms. The van der Waals surface area contributed by atoms with Crippen molar-refractivity contribution in [3.8, 4) is 101 Å². The summed E-state index contributed by atoms with van der Waals surface area (Å²) >= 11 is 0. The van der Waals surface area contributed by atoms with Gasteiger partial charge in [-0.3, -0.25) is 0 Å². The van der Waals surface area contributed by atoms with E-state index in [-0.39, 0.29) is 60.3 Å². The SMILES string of the molecule is CC(C)Cc1cc([Si](C)(C)C)ccc1-c1ccc(-c2[c-]cccc2)nc1.Cc1cc([Si](C)(C)C)ccc1-c1ccc(-c2[c-]cccc2)nc1.Cc1cc([Si](C)(C)C)ccc1-c1cnc(-c2[c-]cccc2)cc1C.[Ir].[Ir].[Ir].[c-]1ccccc1-c1ccccn1.[c-]1ccccc1-c1ccccn1.[c-]1ccccc1-c1ccccn1. The van der Waals surface area contributed by atoms with Crippen LogP contribution in [0.2, 0.25) is 58.9 Å². The second-order valence-corrected chi connectivity index (χ2v) is 45.6. The molecule has 0 amide bonds. The van der Waals surface area contributed by atoms with Crippen molar-refractivity contribution >= 4 is 39.8 Å². The summed E-state index contributed by atoms with van der Waals surface area (Å²) < 4.78 is 0. The Morgan fingerprint density at radius 1 is 0.268 bits per heavy atom. The second-order valence-electron chi connectivity index (χ2n) is 30.3. The largest absolute Gasteiger partial charge is 0.305 e. The zero-order valence-corrected chi connectivity index (χ0v) is 76.8. The Kier molecular flexibility index (Phi) is 35.3. The Morgan fingerprint density at radius 2 is 0.562 bits per heavy atom. The molecule has 0 atom stereocenters. The van der Waals surface area contributed by atoms with Crippen molar-refractivity contribution < 1.29 is 60.3 Å². The molecule has 112 heavy (non-hydrogen) atoms. The predicted molar refractivity (Wildman–Crippen MR) is 469 cm³/mol. The van der Waals surface area contributed by atoms with Crippen molar-refractivity contribution in [2.45, 2.75) is 100.0 Å². The molecule has 6 aromatic heterocycles. The van der Waals surface area contributed by atoms with Crippen LogP contribution in [0.25, 0.3) is 101 Å². The molecule has 0 N–H and O–H groups in total. The van der Waals surface area contributed by atoms with Gasteiger partial charge in [-0.05, 0) is 136 Å². The average Bonchev–Trinajstić information content (AvgIpc) is 0.806. The zero-order valence-electron chi connectivity index (χ0n) is 66.6. The molecule has 0 aliphatic heterocycles. The van der Waals surface area contributed by atoms with E-state index < -0.39 is 24.2 Å². The standard InChI is InChI=1S/C24H28NSi.C22H24NSi.C21H22NSi.3C11H8N.3Ir/c1-18(2)15-21-16-22(26(3,4)5)12-13-23(21)20-11-14-24(25-17-20)19-9-7-6-8-10-19;1-16-13-19(24(3,4)5)11-12-20(16)21-15-23-22(14-17(21)2)18-9-7-6-8-10-18;1-16-14-19(23(2,3)4)11-12-20(16)18-10-13-21(22-15-18)17-8-6-5-7-9-17;3*1-2-6-10(7-3-1)11-8-4-5-9-12-11;;;/h6-9,11-14,16-18H,15H2,1-5H3;6-9,11-15H,1-5H3;5-8,10-15H,1-4H3;3*1-6,8-9H;;;/q6*-1;;;. The van der Waals surface area contributed by atoms with Gasteiger partial charge in [0.15, 0.2) is 0 Å². The van der Waals surface area contributed by atoms with Gasteiger partial charge in [0.25, 0.3) is 0 Å². The molecule has 0 bridgehead atoms. The molecular weight excluding hydrogens is 1950 g/mol. The van der Waals surface area contributed by atoms with E-state index in [1.165, 1.54) is 71.2 Å². The van der Waals surface area contributed by atoms with Crippen molar-refractivity contribution in [3.63, 3.8) is 0 Å². The smallest absolute Gasteiger partial charge is 0.0776 e. The van der Waals surface area contributed by atoms with Gasteiger partial charge in [0, 0.05) is 103 Å². The Hall–Kier alpha value is -9.52. The Balaban J connectivity index is 0.000000191. The summed E-state index contributed by atoms with van der Waals surface area (Å²) in [5.41, 5.74) is 24.9. The van der Waals surface area contributed by atoms with Gasteiger partial charge in [-0.25, -0.2) is 0 Å². The molecule has 0 saturated carbocycles. The third kappa shape index (κ3) is 26.8. The molecule has 3 radical (unpaired) electrons. The molecular formula is C100H98Ir3N6Si3-6. The van der Waals surface area contributed by atoms with Crippen LogP contribution in [0.5, 0.6) is 0 Å². The van der Waals surface area contributed by atoms with Gasteiger partial charge < -0.3 is 29.9 Å². The van der Waals surface area contributed by atoms with Crippen LogP contribution in [0.1, 0.15) is 36.1 Å². The normalized spacial score (nSPS) is 10.7. The molecule has 15 aromatic rings. The summed E-state index contributed by atoms with van der Waals surface area (Å²) in [6.45, 7) is 32.7. The van der Waals surface area contributed by atoms with E-state index in [4.69, 9.17) is 4.98 Å². The van der Waals surface area contributed by atoms with Gasteiger partial charge in [-0.2, -0.15) is 0 Å². The first-order chi connectivity index (χ1) is 52.5. The molecule has 573 valence electrons. The van der Waals surface area contributed by atoms with Crippen LogP contribution in [0.3, 0.4) is 0 Å². The van der Waals surface area contributed by atoms with Crippen LogP contribution in [0.4, 0.5) is 0 Å². The Labute approximate surface area is 711 Å². The van der Waals surface area contributed by atoms with E-state index in [2.05, 4.69) is 252 Å². The molecule has 0 unspecified atom stereocenters. The number of nitrogens with zero attached hydrogens (tertiary/aromatic N) is 6. The van der Waals surface area contributed by atoms with Crippen molar-refractivity contribution in [2.75, 3.05) is 0 Å². The van der Waals surface area contributed by atoms with Gasteiger partial charge in [-0.1, -0.05) is 210 Å². The second kappa shape index (κ2) is 44.1. The minimum Gasteiger partial charge on any atom is -0.305 e. The third-order valence-corrected chi connectivity index (χ3v) is 24.4. The third-order valence-electron chi connectivity index (χ3n) is 18.2. The van der Waals surface area contributed by atoms with Gasteiger partial charge in [0.05, 0.1) is 24.2 Å². The molecule has 0 aliphatic rings. The fourth-order valence-electron chi connectivity index (χ4n) is 12.1. The number of hydrogen-bond acceptors (Lipinski definition) is 6. The number of aryl methyl sites for hydroxylation is 3. The average molecular weight is 2040 g/mol. The zero-order chi connectivity index (χ0) is 77.2. The van der Waals surface area contributed by atoms with Gasteiger partial charge in [0.2, 0.25) is 0 Å². The number of pyridine rings is 6. The number of hydrogen-bond donors (Lipinski definition) is 0. The minimum absolute atomic E-state index is 0. The van der Waals surface area contributed by atoms with Crippen molar-refractivity contribution in [3.05, 3.63) is 381 Å². The van der Waals surface area contributed by atoms with Crippen LogP contribution in [0.15, 0.2) is 322 Å². The molecule has 15 rings (SSSR count). The fourth-order valence-corrected chi connectivity index (χ4v) is 15.8. The van der Waals surface area contributed by atoms with Crippen molar-refractivity contribution in [1.82, 2.24) is 29.9 Å². The first-order valence-corrected chi connectivity index (χ1v) is 47.9. The maximum Gasteiger partial charge on any atom is 0.0776 e. The van der Waals surface area contributed by atoms with Crippen LogP contribution in [-0.4, -0.2) is 54.1 Å². The molecule has 6 nitrogen and oxygen atoms in total. The summed E-state index contributed by atoms with van der Waals surface area (Å²) in [5.74, 6) is 0.636. The molecule has 6 heterocycles. The first-order valence-electron chi connectivity index (χ1n) is 37.4. The van der Waals surface area contributed by atoms with Crippen LogP contribution in [0, 0.1) is 63.1 Å². The van der Waals surface area contributed by atoms with E-state index in [0.29, 0.717) is 5.92 Å².